The van der Waals surface area contributed by atoms with Crippen molar-refractivity contribution in [3.63, 3.8) is 0 Å². The first-order valence-electron chi connectivity index (χ1n) is 16.6. The zero-order valence-electron chi connectivity index (χ0n) is 27.3. The molecule has 0 atom stereocenters. The third-order valence-corrected chi connectivity index (χ3v) is 9.64. The van der Waals surface area contributed by atoms with E-state index < -0.39 is 0 Å². The summed E-state index contributed by atoms with van der Waals surface area (Å²) in [5.41, 5.74) is 9.40. The van der Waals surface area contributed by atoms with Gasteiger partial charge in [-0.05, 0) is 41.5 Å². The molecule has 0 fully saturated rings. The topological polar surface area (TPSA) is 77.3 Å². The molecule has 240 valence electrons. The van der Waals surface area contributed by atoms with E-state index in [9.17, 15) is 0 Å². The maximum absolute atomic E-state index is 5.07. The van der Waals surface area contributed by atoms with Crippen LogP contribution >= 0.6 is 11.3 Å². The van der Waals surface area contributed by atoms with Crippen LogP contribution in [0.5, 0.6) is 0 Å². The van der Waals surface area contributed by atoms with Crippen LogP contribution in [0.1, 0.15) is 0 Å². The Morgan fingerprint density at radius 1 is 0.294 bits per heavy atom. The fraction of sp³-hybridized carbons (Fsp3) is 0. The summed E-state index contributed by atoms with van der Waals surface area (Å²) in [5, 5.41) is 0.864. The van der Waals surface area contributed by atoms with Gasteiger partial charge in [0.1, 0.15) is 10.7 Å². The summed E-state index contributed by atoms with van der Waals surface area (Å²) in [4.78, 5) is 29.7. The molecule has 0 spiro atoms. The van der Waals surface area contributed by atoms with Crippen LogP contribution in [0.2, 0.25) is 0 Å². The molecule has 6 nitrogen and oxygen atoms in total. The standard InChI is InChI=1S/C44H28N6S/c1-4-14-29(15-5-1)40-45-37(28-38(46-40)44-47-36-24-10-11-25-39(36)51-44)34-22-12-20-32(26-34)33-21-13-23-35(27-33)43-49-41(30-16-6-2-7-17-30)48-42(50-43)31-18-8-3-9-19-31/h1-28H. The Morgan fingerprint density at radius 2 is 0.725 bits per heavy atom. The molecule has 3 heterocycles. The molecular weight excluding hydrogens is 645 g/mol. The lowest BCUT2D eigenvalue weighted by molar-refractivity contribution is 1.07. The lowest BCUT2D eigenvalue weighted by Crippen LogP contribution is -2.00. The number of hydrogen-bond donors (Lipinski definition) is 0. The third kappa shape index (κ3) is 6.30. The van der Waals surface area contributed by atoms with E-state index in [1.54, 1.807) is 11.3 Å². The van der Waals surface area contributed by atoms with Crippen LogP contribution in [0.25, 0.3) is 88.9 Å². The Labute approximate surface area is 298 Å². The summed E-state index contributed by atoms with van der Waals surface area (Å²) in [6, 6.07) is 57.2. The molecule has 9 rings (SSSR count). The Kier molecular flexibility index (Phi) is 7.92. The minimum absolute atomic E-state index is 0.615. The number of fused-ring (bicyclic) bond motifs is 1. The molecule has 0 amide bonds. The van der Waals surface area contributed by atoms with E-state index >= 15 is 0 Å². The second-order valence-corrected chi connectivity index (χ2v) is 13.0. The second-order valence-electron chi connectivity index (χ2n) is 12.0. The van der Waals surface area contributed by atoms with Crippen molar-refractivity contribution in [1.82, 2.24) is 29.9 Å². The molecule has 0 N–H and O–H groups in total. The number of thiazole rings is 1. The summed E-state index contributed by atoms with van der Waals surface area (Å²) < 4.78 is 1.13. The van der Waals surface area contributed by atoms with E-state index in [-0.39, 0.29) is 0 Å². The van der Waals surface area contributed by atoms with Gasteiger partial charge in [0.15, 0.2) is 23.3 Å². The van der Waals surface area contributed by atoms with Gasteiger partial charge in [0, 0.05) is 27.8 Å². The van der Waals surface area contributed by atoms with E-state index in [1.165, 1.54) is 0 Å². The van der Waals surface area contributed by atoms with Crippen molar-refractivity contribution in [2.75, 3.05) is 0 Å². The maximum Gasteiger partial charge on any atom is 0.164 e. The highest BCUT2D eigenvalue weighted by molar-refractivity contribution is 7.21. The molecule has 6 aromatic carbocycles. The first kappa shape index (κ1) is 30.4. The van der Waals surface area contributed by atoms with E-state index in [2.05, 4.69) is 48.5 Å². The van der Waals surface area contributed by atoms with Crippen molar-refractivity contribution >= 4 is 21.6 Å². The van der Waals surface area contributed by atoms with Gasteiger partial charge >= 0.3 is 0 Å². The number of nitrogens with zero attached hydrogens (tertiary/aromatic N) is 6. The number of benzene rings is 6. The van der Waals surface area contributed by atoms with Crippen LogP contribution in [0.4, 0.5) is 0 Å². The molecule has 0 unspecified atom stereocenters. The van der Waals surface area contributed by atoms with Gasteiger partial charge in [-0.3, -0.25) is 0 Å². The Hall–Kier alpha value is -6.70. The minimum atomic E-state index is 0.615. The van der Waals surface area contributed by atoms with Gasteiger partial charge in [0.2, 0.25) is 0 Å². The van der Waals surface area contributed by atoms with Crippen molar-refractivity contribution in [2.45, 2.75) is 0 Å². The summed E-state index contributed by atoms with van der Waals surface area (Å²) in [6.07, 6.45) is 0. The van der Waals surface area contributed by atoms with Gasteiger partial charge < -0.3 is 0 Å². The van der Waals surface area contributed by atoms with Crippen LogP contribution in [-0.2, 0) is 0 Å². The predicted octanol–water partition coefficient (Wildman–Crippen LogP) is 10.9. The Balaban J connectivity index is 1.13. The summed E-state index contributed by atoms with van der Waals surface area (Å²) in [7, 11) is 0. The smallest absolute Gasteiger partial charge is 0.164 e. The lowest BCUT2D eigenvalue weighted by Gasteiger charge is -2.11. The monoisotopic (exact) mass is 672 g/mol. The quantitative estimate of drug-likeness (QED) is 0.168. The molecule has 7 heteroatoms. The highest BCUT2D eigenvalue weighted by atomic mass is 32.1. The van der Waals surface area contributed by atoms with Gasteiger partial charge in [-0.2, -0.15) is 0 Å². The molecule has 0 bridgehead atoms. The number of hydrogen-bond acceptors (Lipinski definition) is 7. The van der Waals surface area contributed by atoms with Crippen LogP contribution in [0.15, 0.2) is 170 Å². The SMILES string of the molecule is c1ccc(-c2nc(-c3cccc(-c4cccc(-c5nc(-c6ccccc6)nc(-c6ccccc6)n5)c4)c3)cc(-c3nc4ccccc4s3)n2)cc1. The van der Waals surface area contributed by atoms with Crippen molar-refractivity contribution < 1.29 is 0 Å². The molecule has 0 radical (unpaired) electrons. The van der Waals surface area contributed by atoms with Crippen LogP contribution in [0, 0.1) is 0 Å². The van der Waals surface area contributed by atoms with Crippen LogP contribution in [0.3, 0.4) is 0 Å². The zero-order chi connectivity index (χ0) is 34.0. The molecule has 9 aromatic rings. The van der Waals surface area contributed by atoms with Crippen molar-refractivity contribution in [1.29, 1.82) is 0 Å². The normalized spacial score (nSPS) is 11.1. The van der Waals surface area contributed by atoms with E-state index in [0.717, 1.165) is 65.6 Å². The summed E-state index contributed by atoms with van der Waals surface area (Å²) in [5.74, 6) is 2.54. The number of para-hydroxylation sites is 1. The fourth-order valence-corrected chi connectivity index (χ4v) is 6.96. The van der Waals surface area contributed by atoms with Gasteiger partial charge in [0.05, 0.1) is 15.9 Å². The Morgan fingerprint density at radius 3 is 1.31 bits per heavy atom. The summed E-state index contributed by atoms with van der Waals surface area (Å²) >= 11 is 1.64. The van der Waals surface area contributed by atoms with Crippen molar-refractivity contribution in [3.05, 3.63) is 170 Å². The highest BCUT2D eigenvalue weighted by Gasteiger charge is 2.16. The van der Waals surface area contributed by atoms with E-state index in [4.69, 9.17) is 29.9 Å². The average Bonchev–Trinajstić information content (AvgIpc) is 3.66. The first-order valence-corrected chi connectivity index (χ1v) is 17.4. The van der Waals surface area contributed by atoms with Gasteiger partial charge in [-0.1, -0.05) is 140 Å². The second kappa shape index (κ2) is 13.3. The van der Waals surface area contributed by atoms with Crippen molar-refractivity contribution in [2.24, 2.45) is 0 Å². The van der Waals surface area contributed by atoms with E-state index in [1.807, 2.05) is 121 Å². The molecule has 0 aliphatic carbocycles. The number of rotatable bonds is 7. The number of aromatic nitrogens is 6. The molecule has 0 aliphatic heterocycles. The minimum Gasteiger partial charge on any atom is -0.234 e. The molecule has 3 aromatic heterocycles. The largest absolute Gasteiger partial charge is 0.234 e. The van der Waals surface area contributed by atoms with Gasteiger partial charge in [-0.15, -0.1) is 11.3 Å². The first-order chi connectivity index (χ1) is 25.2. The predicted molar refractivity (Wildman–Crippen MR) is 207 cm³/mol. The molecule has 0 saturated heterocycles. The van der Waals surface area contributed by atoms with Gasteiger partial charge in [0.25, 0.3) is 0 Å². The van der Waals surface area contributed by atoms with Crippen molar-refractivity contribution in [3.8, 4) is 78.6 Å². The zero-order valence-corrected chi connectivity index (χ0v) is 28.1. The fourth-order valence-electron chi connectivity index (χ4n) is 6.04. The lowest BCUT2D eigenvalue weighted by atomic mass is 9.99. The third-order valence-electron chi connectivity index (χ3n) is 8.58. The maximum atomic E-state index is 5.07. The van der Waals surface area contributed by atoms with Gasteiger partial charge in [-0.25, -0.2) is 29.9 Å². The summed E-state index contributed by atoms with van der Waals surface area (Å²) in [6.45, 7) is 0. The van der Waals surface area contributed by atoms with Crippen LogP contribution in [-0.4, -0.2) is 29.9 Å². The average molecular weight is 673 g/mol. The Bertz CT molecular complexity index is 2550. The van der Waals surface area contributed by atoms with Crippen LogP contribution < -0.4 is 0 Å². The molecule has 0 aliphatic rings. The molecule has 51 heavy (non-hydrogen) atoms. The van der Waals surface area contributed by atoms with E-state index in [0.29, 0.717) is 23.3 Å². The molecule has 0 saturated carbocycles. The highest BCUT2D eigenvalue weighted by Crippen LogP contribution is 2.34. The molecular formula is C44H28N6S.